The average molecular weight is 528 g/mol. The molecule has 5 rings (SSSR count). The molecule has 2 amide bonds. The molecule has 2 aliphatic rings. The van der Waals surface area contributed by atoms with Crippen molar-refractivity contribution in [3.63, 3.8) is 0 Å². The van der Waals surface area contributed by atoms with Gasteiger partial charge in [-0.15, -0.1) is 0 Å². The van der Waals surface area contributed by atoms with E-state index in [1.54, 1.807) is 35.4 Å². The highest BCUT2D eigenvalue weighted by Gasteiger charge is 2.21. The average Bonchev–Trinajstić information content (AvgIpc) is 3.50. The van der Waals surface area contributed by atoms with Crippen molar-refractivity contribution in [2.75, 3.05) is 37.2 Å². The summed E-state index contributed by atoms with van der Waals surface area (Å²) in [6, 6.07) is 10.5. The van der Waals surface area contributed by atoms with Crippen molar-refractivity contribution in [1.82, 2.24) is 19.8 Å². The van der Waals surface area contributed by atoms with E-state index in [1.165, 1.54) is 6.20 Å². The number of amides is 2. The Morgan fingerprint density at radius 2 is 1.77 bits per heavy atom. The lowest BCUT2D eigenvalue weighted by atomic mass is 9.99. The Hall–Kier alpha value is -4.15. The second-order valence-corrected chi connectivity index (χ2v) is 10.2. The van der Waals surface area contributed by atoms with E-state index in [1.807, 2.05) is 18.3 Å². The van der Waals surface area contributed by atoms with Gasteiger partial charge in [-0.1, -0.05) is 6.07 Å². The molecule has 0 aliphatic carbocycles. The van der Waals surface area contributed by atoms with Crippen LogP contribution in [0.5, 0.6) is 0 Å². The smallest absolute Gasteiger partial charge is 0.274 e. The summed E-state index contributed by atoms with van der Waals surface area (Å²) in [6.07, 6.45) is 8.34. The van der Waals surface area contributed by atoms with Crippen molar-refractivity contribution < 1.29 is 14.7 Å². The van der Waals surface area contributed by atoms with E-state index in [-0.39, 0.29) is 17.7 Å². The minimum atomic E-state index is -0.626. The number of hydrogen-bond donors (Lipinski definition) is 4. The molecule has 0 bridgehead atoms. The van der Waals surface area contributed by atoms with E-state index in [0.717, 1.165) is 75.1 Å². The number of nitrogens with zero attached hydrogens (tertiary/aromatic N) is 4. The largest absolute Gasteiger partial charge is 0.398 e. The topological polar surface area (TPSA) is 149 Å². The minimum absolute atomic E-state index is 0.115. The fourth-order valence-corrected chi connectivity index (χ4v) is 5.01. The van der Waals surface area contributed by atoms with E-state index in [2.05, 4.69) is 20.2 Å². The third-order valence-corrected chi connectivity index (χ3v) is 7.27. The third kappa shape index (κ3) is 6.30. The van der Waals surface area contributed by atoms with Gasteiger partial charge < -0.3 is 21.1 Å². The van der Waals surface area contributed by atoms with Crippen LogP contribution in [0.15, 0.2) is 55.0 Å². The molecule has 2 fully saturated rings. The monoisotopic (exact) mass is 527 g/mol. The summed E-state index contributed by atoms with van der Waals surface area (Å²) in [6.45, 7) is 3.90. The molecule has 2 aliphatic heterocycles. The molecular formula is C29H33N7O3. The van der Waals surface area contributed by atoms with Gasteiger partial charge in [0.25, 0.3) is 11.8 Å². The van der Waals surface area contributed by atoms with Crippen molar-refractivity contribution in [1.29, 1.82) is 5.41 Å². The van der Waals surface area contributed by atoms with Crippen LogP contribution < -0.4 is 11.1 Å². The molecule has 5 N–H and O–H groups in total. The summed E-state index contributed by atoms with van der Waals surface area (Å²) >= 11 is 0. The Balaban J connectivity index is 1.26. The first kappa shape index (κ1) is 26.5. The molecule has 2 aromatic heterocycles. The molecule has 10 nitrogen and oxygen atoms in total. The van der Waals surface area contributed by atoms with Crippen LogP contribution in [0.2, 0.25) is 0 Å². The van der Waals surface area contributed by atoms with E-state index < -0.39 is 5.91 Å². The number of benzene rings is 1. The number of rotatable bonds is 7. The van der Waals surface area contributed by atoms with Gasteiger partial charge in [0.05, 0.1) is 18.0 Å². The fraction of sp³-hybridized carbons (Fsp3) is 0.345. The Morgan fingerprint density at radius 3 is 2.49 bits per heavy atom. The van der Waals surface area contributed by atoms with Gasteiger partial charge in [-0.2, -0.15) is 0 Å². The molecule has 4 heterocycles. The van der Waals surface area contributed by atoms with Crippen molar-refractivity contribution in [2.45, 2.75) is 38.3 Å². The van der Waals surface area contributed by atoms with E-state index in [4.69, 9.17) is 11.1 Å². The first-order chi connectivity index (χ1) is 18.9. The molecule has 202 valence electrons. The summed E-state index contributed by atoms with van der Waals surface area (Å²) in [5.74, 6) is -0.741. The number of nitrogen functional groups attached to an aromatic ring is 1. The van der Waals surface area contributed by atoms with Crippen LogP contribution in [-0.4, -0.2) is 74.7 Å². The number of pyridine rings is 2. The number of aromatic nitrogens is 2. The molecule has 0 unspecified atom stereocenters. The van der Waals surface area contributed by atoms with Gasteiger partial charge in [-0.3, -0.25) is 24.9 Å². The Kier molecular flexibility index (Phi) is 7.94. The van der Waals surface area contributed by atoms with Crippen LogP contribution in [0.3, 0.4) is 0 Å². The zero-order chi connectivity index (χ0) is 27.4. The molecule has 10 heteroatoms. The van der Waals surface area contributed by atoms with Crippen LogP contribution in [0.1, 0.15) is 47.3 Å². The van der Waals surface area contributed by atoms with E-state index in [9.17, 15) is 14.7 Å². The second-order valence-electron chi connectivity index (χ2n) is 10.2. The predicted octanol–water partition coefficient (Wildman–Crippen LogP) is 2.93. The third-order valence-electron chi connectivity index (χ3n) is 7.27. The van der Waals surface area contributed by atoms with Crippen molar-refractivity contribution >= 4 is 28.9 Å². The molecule has 1 aromatic carbocycles. The molecule has 2 saturated heterocycles. The lowest BCUT2D eigenvalue weighted by molar-refractivity contribution is -0.110. The maximum atomic E-state index is 12.9. The summed E-state index contributed by atoms with van der Waals surface area (Å²) in [7, 11) is 0. The van der Waals surface area contributed by atoms with Crippen LogP contribution >= 0.6 is 0 Å². The maximum absolute atomic E-state index is 12.9. The SMILES string of the molecule is N=C(C(=O)Nc1ccc(C(=O)N2CCCC2)nc1)c1cc(-c2cncc(CN3CCC(O)CC3)c2)ccc1N. The Morgan fingerprint density at radius 1 is 1.00 bits per heavy atom. The fourth-order valence-electron chi connectivity index (χ4n) is 5.01. The zero-order valence-electron chi connectivity index (χ0n) is 21.8. The Bertz CT molecular complexity index is 1360. The van der Waals surface area contributed by atoms with Gasteiger partial charge in [-0.25, -0.2) is 4.98 Å². The highest BCUT2D eigenvalue weighted by atomic mass is 16.3. The number of aliphatic hydroxyl groups is 1. The summed E-state index contributed by atoms with van der Waals surface area (Å²) in [5.41, 5.74) is 9.95. The number of carbonyl (C=O) groups is 2. The summed E-state index contributed by atoms with van der Waals surface area (Å²) < 4.78 is 0. The highest BCUT2D eigenvalue weighted by molar-refractivity contribution is 6.48. The van der Waals surface area contributed by atoms with Crippen molar-refractivity contribution in [2.24, 2.45) is 0 Å². The lowest BCUT2D eigenvalue weighted by Gasteiger charge is -2.29. The normalized spacial score (nSPS) is 16.3. The van der Waals surface area contributed by atoms with Gasteiger partial charge in [0, 0.05) is 61.9 Å². The van der Waals surface area contributed by atoms with Crippen LogP contribution in [0.4, 0.5) is 11.4 Å². The van der Waals surface area contributed by atoms with Crippen LogP contribution in [0.25, 0.3) is 11.1 Å². The number of likely N-dealkylation sites (tertiary alicyclic amines) is 2. The molecular weight excluding hydrogens is 494 g/mol. The summed E-state index contributed by atoms with van der Waals surface area (Å²) in [4.78, 5) is 38.1. The maximum Gasteiger partial charge on any atom is 0.274 e. The molecule has 39 heavy (non-hydrogen) atoms. The number of nitrogens with one attached hydrogen (secondary N) is 2. The Labute approximate surface area is 227 Å². The van der Waals surface area contributed by atoms with E-state index >= 15 is 0 Å². The lowest BCUT2D eigenvalue weighted by Crippen LogP contribution is -2.35. The molecule has 0 radical (unpaired) electrons. The predicted molar refractivity (Wildman–Crippen MR) is 149 cm³/mol. The number of hydrogen-bond acceptors (Lipinski definition) is 8. The number of aliphatic hydroxyl groups excluding tert-OH is 1. The number of anilines is 2. The number of piperidine rings is 1. The van der Waals surface area contributed by atoms with Gasteiger partial charge in [0.15, 0.2) is 0 Å². The zero-order valence-corrected chi connectivity index (χ0v) is 21.8. The second kappa shape index (κ2) is 11.7. The minimum Gasteiger partial charge on any atom is -0.398 e. The van der Waals surface area contributed by atoms with Gasteiger partial charge in [0.1, 0.15) is 11.4 Å². The van der Waals surface area contributed by atoms with Crippen molar-refractivity contribution in [3.05, 3.63) is 71.8 Å². The quantitative estimate of drug-likeness (QED) is 0.273. The molecule has 0 spiro atoms. The molecule has 0 atom stereocenters. The number of nitrogens with two attached hydrogens (primary N) is 1. The standard InChI is InChI=1S/C29H33N7O3/c30-25-5-3-20(21-13-19(15-32-16-21)18-35-11-7-23(37)8-12-35)14-24(25)27(31)28(38)34-22-4-6-26(33-17-22)29(39)36-9-1-2-10-36/h3-6,13-17,23,31,37H,1-2,7-12,18,30H2,(H,34,38). The van der Waals surface area contributed by atoms with E-state index in [0.29, 0.717) is 22.6 Å². The van der Waals surface area contributed by atoms with Gasteiger partial charge >= 0.3 is 0 Å². The van der Waals surface area contributed by atoms with Gasteiger partial charge in [-0.05, 0) is 67.1 Å². The van der Waals surface area contributed by atoms with Gasteiger partial charge in [0.2, 0.25) is 0 Å². The van der Waals surface area contributed by atoms with Crippen LogP contribution in [-0.2, 0) is 11.3 Å². The first-order valence-electron chi connectivity index (χ1n) is 13.3. The molecule has 3 aromatic rings. The highest BCUT2D eigenvalue weighted by Crippen LogP contribution is 2.26. The van der Waals surface area contributed by atoms with Crippen molar-refractivity contribution in [3.8, 4) is 11.1 Å². The van der Waals surface area contributed by atoms with Crippen LogP contribution in [0, 0.1) is 5.41 Å². The first-order valence-corrected chi connectivity index (χ1v) is 13.3. The number of carbonyl (C=O) groups excluding carboxylic acids is 2. The molecule has 0 saturated carbocycles. The summed E-state index contributed by atoms with van der Waals surface area (Å²) in [5, 5.41) is 21.0.